The van der Waals surface area contributed by atoms with Gasteiger partial charge in [-0.2, -0.15) is 0 Å². The minimum Gasteiger partial charge on any atom is -0.350 e. The molecule has 5 nitrogen and oxygen atoms in total. The molecule has 1 aliphatic rings. The van der Waals surface area contributed by atoms with Crippen LogP contribution in [0.3, 0.4) is 0 Å². The van der Waals surface area contributed by atoms with Crippen LogP contribution in [-0.4, -0.2) is 22.8 Å². The molecule has 1 aromatic carbocycles. The number of fused-ring (bicyclic) bond motifs is 1. The van der Waals surface area contributed by atoms with E-state index < -0.39 is 0 Å². The zero-order chi connectivity index (χ0) is 17.8. The molecule has 1 aliphatic carbocycles. The van der Waals surface area contributed by atoms with Crippen molar-refractivity contribution in [2.45, 2.75) is 58.4 Å². The van der Waals surface area contributed by atoms with Gasteiger partial charge in [-0.15, -0.1) is 0 Å². The summed E-state index contributed by atoms with van der Waals surface area (Å²) in [6, 6.07) is 5.62. The fourth-order valence-electron chi connectivity index (χ4n) is 3.10. The predicted octanol–water partition coefficient (Wildman–Crippen LogP) is 4.34. The standard InChI is InChI=1S/C19H25N3O2S/c1-3-12(2)20-18(24)14-9-10-15-16(11-14)25-19(21-15)22-17(23)13-7-5-4-6-8-13/h9-13H,3-8H2,1-2H3,(H,20,24)(H,21,22,23)/t12-/m1/s1. The van der Waals surface area contributed by atoms with Gasteiger partial charge in [-0.3, -0.25) is 9.59 Å². The maximum absolute atomic E-state index is 12.4. The fourth-order valence-corrected chi connectivity index (χ4v) is 4.01. The fraction of sp³-hybridized carbons (Fsp3) is 0.526. The van der Waals surface area contributed by atoms with E-state index >= 15 is 0 Å². The van der Waals surface area contributed by atoms with E-state index in [4.69, 9.17) is 0 Å². The van der Waals surface area contributed by atoms with Crippen LogP contribution in [0.5, 0.6) is 0 Å². The molecule has 2 amide bonds. The van der Waals surface area contributed by atoms with Crippen molar-refractivity contribution in [2.24, 2.45) is 5.92 Å². The summed E-state index contributed by atoms with van der Waals surface area (Å²) in [5, 5.41) is 6.54. The molecule has 25 heavy (non-hydrogen) atoms. The van der Waals surface area contributed by atoms with Crippen molar-refractivity contribution in [1.29, 1.82) is 0 Å². The summed E-state index contributed by atoms with van der Waals surface area (Å²) in [7, 11) is 0. The van der Waals surface area contributed by atoms with Crippen LogP contribution in [-0.2, 0) is 4.79 Å². The molecule has 1 fully saturated rings. The monoisotopic (exact) mass is 359 g/mol. The Balaban J connectivity index is 1.71. The molecule has 0 unspecified atom stereocenters. The Hall–Kier alpha value is -1.95. The largest absolute Gasteiger partial charge is 0.350 e. The highest BCUT2D eigenvalue weighted by molar-refractivity contribution is 7.22. The number of nitrogens with one attached hydrogen (secondary N) is 2. The molecular formula is C19H25N3O2S. The van der Waals surface area contributed by atoms with Crippen LogP contribution in [0.2, 0.25) is 0 Å². The molecule has 0 radical (unpaired) electrons. The van der Waals surface area contributed by atoms with Crippen LogP contribution in [0.1, 0.15) is 62.7 Å². The highest BCUT2D eigenvalue weighted by Crippen LogP contribution is 2.29. The van der Waals surface area contributed by atoms with Gasteiger partial charge in [0.25, 0.3) is 5.91 Å². The summed E-state index contributed by atoms with van der Waals surface area (Å²) >= 11 is 1.42. The number of thiazole rings is 1. The Kier molecular flexibility index (Phi) is 5.68. The second-order valence-corrected chi connectivity index (χ2v) is 7.84. The van der Waals surface area contributed by atoms with E-state index in [0.717, 1.165) is 42.3 Å². The number of benzene rings is 1. The molecular weight excluding hydrogens is 334 g/mol. The van der Waals surface area contributed by atoms with E-state index in [1.807, 2.05) is 26.0 Å². The van der Waals surface area contributed by atoms with E-state index in [2.05, 4.69) is 15.6 Å². The minimum absolute atomic E-state index is 0.0718. The lowest BCUT2D eigenvalue weighted by Crippen LogP contribution is -2.31. The molecule has 134 valence electrons. The molecule has 0 saturated heterocycles. The first-order valence-corrected chi connectivity index (χ1v) is 9.90. The molecule has 1 heterocycles. The lowest BCUT2D eigenvalue weighted by atomic mass is 9.89. The number of amides is 2. The first-order valence-electron chi connectivity index (χ1n) is 9.09. The Bertz CT molecular complexity index is 765. The maximum Gasteiger partial charge on any atom is 0.251 e. The van der Waals surface area contributed by atoms with Gasteiger partial charge in [-0.05, 0) is 44.4 Å². The quantitative estimate of drug-likeness (QED) is 0.834. The SMILES string of the molecule is CC[C@@H](C)NC(=O)c1ccc2nc(NC(=O)C3CCCCC3)sc2c1. The summed E-state index contributed by atoms with van der Waals surface area (Å²) in [6.07, 6.45) is 6.32. The van der Waals surface area contributed by atoms with Gasteiger partial charge in [0.05, 0.1) is 10.2 Å². The van der Waals surface area contributed by atoms with E-state index in [1.54, 1.807) is 6.07 Å². The molecule has 0 spiro atoms. The number of carbonyl (C=O) groups excluding carboxylic acids is 2. The third-order valence-electron chi connectivity index (χ3n) is 4.85. The number of hydrogen-bond acceptors (Lipinski definition) is 4. The van der Waals surface area contributed by atoms with Gasteiger partial charge in [0.15, 0.2) is 5.13 Å². The van der Waals surface area contributed by atoms with Crippen LogP contribution in [0.4, 0.5) is 5.13 Å². The smallest absolute Gasteiger partial charge is 0.251 e. The molecule has 6 heteroatoms. The Morgan fingerprint density at radius 1 is 1.28 bits per heavy atom. The number of rotatable bonds is 5. The molecule has 1 saturated carbocycles. The van der Waals surface area contributed by atoms with Gasteiger partial charge < -0.3 is 10.6 Å². The molecule has 3 rings (SSSR count). The van der Waals surface area contributed by atoms with Gasteiger partial charge >= 0.3 is 0 Å². The van der Waals surface area contributed by atoms with E-state index in [9.17, 15) is 9.59 Å². The minimum atomic E-state index is -0.0718. The summed E-state index contributed by atoms with van der Waals surface area (Å²) in [4.78, 5) is 29.1. The lowest BCUT2D eigenvalue weighted by molar-refractivity contribution is -0.120. The third-order valence-corrected chi connectivity index (χ3v) is 5.78. The average molecular weight is 359 g/mol. The maximum atomic E-state index is 12.4. The number of hydrogen-bond donors (Lipinski definition) is 2. The number of aromatic nitrogens is 1. The second-order valence-electron chi connectivity index (χ2n) is 6.81. The van der Waals surface area contributed by atoms with Gasteiger partial charge in [0, 0.05) is 17.5 Å². The Labute approximate surface area is 152 Å². The average Bonchev–Trinajstić information content (AvgIpc) is 3.03. The van der Waals surface area contributed by atoms with Crippen molar-refractivity contribution in [3.63, 3.8) is 0 Å². The summed E-state index contributed by atoms with van der Waals surface area (Å²) in [5.74, 6) is 0.114. The zero-order valence-electron chi connectivity index (χ0n) is 14.8. The molecule has 0 aliphatic heterocycles. The van der Waals surface area contributed by atoms with Crippen LogP contribution in [0.15, 0.2) is 18.2 Å². The van der Waals surface area contributed by atoms with E-state index in [1.165, 1.54) is 17.8 Å². The van der Waals surface area contributed by atoms with Gasteiger partial charge in [0.2, 0.25) is 5.91 Å². The third kappa shape index (κ3) is 4.37. The van der Waals surface area contributed by atoms with Gasteiger partial charge in [-0.25, -0.2) is 4.98 Å². The van der Waals surface area contributed by atoms with Crippen molar-refractivity contribution in [3.8, 4) is 0 Å². The molecule has 1 aromatic heterocycles. The summed E-state index contributed by atoms with van der Waals surface area (Å²) in [5.41, 5.74) is 1.44. The second kappa shape index (κ2) is 7.95. The molecule has 0 bridgehead atoms. The van der Waals surface area contributed by atoms with Crippen LogP contribution >= 0.6 is 11.3 Å². The van der Waals surface area contributed by atoms with Crippen LogP contribution in [0, 0.1) is 5.92 Å². The summed E-state index contributed by atoms with van der Waals surface area (Å²) in [6.45, 7) is 4.03. The lowest BCUT2D eigenvalue weighted by Gasteiger charge is -2.19. The Morgan fingerprint density at radius 3 is 2.76 bits per heavy atom. The van der Waals surface area contributed by atoms with Crippen LogP contribution in [0.25, 0.3) is 10.2 Å². The summed E-state index contributed by atoms with van der Waals surface area (Å²) < 4.78 is 0.913. The number of anilines is 1. The molecule has 2 N–H and O–H groups in total. The highest BCUT2D eigenvalue weighted by atomic mass is 32.1. The van der Waals surface area contributed by atoms with Crippen molar-refractivity contribution >= 4 is 38.5 Å². The van der Waals surface area contributed by atoms with Crippen molar-refractivity contribution in [3.05, 3.63) is 23.8 Å². The first kappa shape index (κ1) is 17.9. The predicted molar refractivity (Wildman–Crippen MR) is 102 cm³/mol. The van der Waals surface area contributed by atoms with Crippen LogP contribution < -0.4 is 10.6 Å². The van der Waals surface area contributed by atoms with Gasteiger partial charge in [-0.1, -0.05) is 37.5 Å². The molecule has 2 aromatic rings. The van der Waals surface area contributed by atoms with Crippen molar-refractivity contribution in [2.75, 3.05) is 5.32 Å². The number of carbonyl (C=O) groups is 2. The van der Waals surface area contributed by atoms with Crippen molar-refractivity contribution < 1.29 is 9.59 Å². The zero-order valence-corrected chi connectivity index (χ0v) is 15.6. The number of nitrogens with zero attached hydrogens (tertiary/aromatic N) is 1. The van der Waals surface area contributed by atoms with E-state index in [0.29, 0.717) is 10.7 Å². The van der Waals surface area contributed by atoms with E-state index in [-0.39, 0.29) is 23.8 Å². The normalized spacial score (nSPS) is 16.6. The highest BCUT2D eigenvalue weighted by Gasteiger charge is 2.22. The first-order chi connectivity index (χ1) is 12.1. The Morgan fingerprint density at radius 2 is 2.04 bits per heavy atom. The van der Waals surface area contributed by atoms with Gasteiger partial charge in [0.1, 0.15) is 0 Å². The molecule has 1 atom stereocenters. The van der Waals surface area contributed by atoms with Crippen molar-refractivity contribution in [1.82, 2.24) is 10.3 Å². The topological polar surface area (TPSA) is 71.1 Å².